The molecule has 1 N–H and O–H groups in total. The molecule has 32 heavy (non-hydrogen) atoms. The summed E-state index contributed by atoms with van der Waals surface area (Å²) in [5, 5.41) is 8.47. The summed E-state index contributed by atoms with van der Waals surface area (Å²) >= 11 is 0. The fraction of sp³-hybridized carbons (Fsp3) is 0.522. The predicted molar refractivity (Wildman–Crippen MR) is 118 cm³/mol. The molecule has 2 fully saturated rings. The van der Waals surface area contributed by atoms with E-state index in [1.54, 1.807) is 17.0 Å². The van der Waals surface area contributed by atoms with Gasteiger partial charge in [-0.2, -0.15) is 5.10 Å². The standard InChI is InChI=1S/C23H29N5O4/c1-15-21-17(12-18(20-4-3-8-32-20)25-22(21)27(2)26-15)23(29)24-13-19(16-5-9-31-14-16)28-6-10-30-11-7-28/h3-4,8,12,16,19H,5-7,9-11,13-14H2,1-2H3,(H,24,29). The van der Waals surface area contributed by atoms with Gasteiger partial charge in [0.2, 0.25) is 0 Å². The number of aryl methyl sites for hydroxylation is 2. The lowest BCUT2D eigenvalue weighted by Crippen LogP contribution is -2.52. The SMILES string of the molecule is Cc1nn(C)c2nc(-c3ccco3)cc(C(=O)NCC(C3CCOC3)N3CCOCC3)c12. The summed E-state index contributed by atoms with van der Waals surface area (Å²) in [5.41, 5.74) is 2.62. The molecule has 0 spiro atoms. The van der Waals surface area contributed by atoms with Gasteiger partial charge < -0.3 is 19.2 Å². The summed E-state index contributed by atoms with van der Waals surface area (Å²) in [5.74, 6) is 0.900. The molecule has 170 valence electrons. The number of hydrogen-bond donors (Lipinski definition) is 1. The van der Waals surface area contributed by atoms with E-state index < -0.39 is 0 Å². The third-order valence-corrected chi connectivity index (χ3v) is 6.48. The van der Waals surface area contributed by atoms with Crippen molar-refractivity contribution in [3.63, 3.8) is 0 Å². The summed E-state index contributed by atoms with van der Waals surface area (Å²) in [7, 11) is 1.84. The summed E-state index contributed by atoms with van der Waals surface area (Å²) in [6.07, 6.45) is 2.62. The Kier molecular flexibility index (Phi) is 5.95. The number of carbonyl (C=O) groups excluding carboxylic acids is 1. The minimum absolute atomic E-state index is 0.126. The molecule has 2 aliphatic rings. The first-order valence-corrected chi connectivity index (χ1v) is 11.2. The van der Waals surface area contributed by atoms with Crippen LogP contribution < -0.4 is 5.32 Å². The first-order valence-electron chi connectivity index (χ1n) is 11.2. The van der Waals surface area contributed by atoms with Gasteiger partial charge in [0.05, 0.1) is 42.7 Å². The van der Waals surface area contributed by atoms with Gasteiger partial charge in [0, 0.05) is 45.2 Å². The van der Waals surface area contributed by atoms with Crippen LogP contribution in [0.4, 0.5) is 0 Å². The summed E-state index contributed by atoms with van der Waals surface area (Å²) < 4.78 is 18.4. The van der Waals surface area contributed by atoms with Gasteiger partial charge in [-0.25, -0.2) is 4.98 Å². The van der Waals surface area contributed by atoms with Crippen molar-refractivity contribution in [1.29, 1.82) is 0 Å². The lowest BCUT2D eigenvalue weighted by Gasteiger charge is -2.37. The second-order valence-corrected chi connectivity index (χ2v) is 8.49. The predicted octanol–water partition coefficient (Wildman–Crippen LogP) is 2.00. The largest absolute Gasteiger partial charge is 0.463 e. The van der Waals surface area contributed by atoms with Gasteiger partial charge in [-0.3, -0.25) is 14.4 Å². The number of hydrogen-bond acceptors (Lipinski definition) is 7. The number of nitrogens with zero attached hydrogens (tertiary/aromatic N) is 4. The van der Waals surface area contributed by atoms with Gasteiger partial charge in [0.1, 0.15) is 5.69 Å². The van der Waals surface area contributed by atoms with E-state index in [1.165, 1.54) is 0 Å². The Morgan fingerprint density at radius 3 is 2.84 bits per heavy atom. The lowest BCUT2D eigenvalue weighted by molar-refractivity contribution is 0.00167. The third-order valence-electron chi connectivity index (χ3n) is 6.48. The normalized spacial score (nSPS) is 20.6. The van der Waals surface area contributed by atoms with Gasteiger partial charge in [0.25, 0.3) is 5.91 Å². The van der Waals surface area contributed by atoms with Gasteiger partial charge >= 0.3 is 0 Å². The van der Waals surface area contributed by atoms with Crippen molar-refractivity contribution >= 4 is 16.9 Å². The van der Waals surface area contributed by atoms with E-state index in [0.717, 1.165) is 57.0 Å². The van der Waals surface area contributed by atoms with Crippen molar-refractivity contribution in [2.45, 2.75) is 19.4 Å². The topological polar surface area (TPSA) is 94.7 Å². The highest BCUT2D eigenvalue weighted by Crippen LogP contribution is 2.27. The highest BCUT2D eigenvalue weighted by molar-refractivity contribution is 6.07. The van der Waals surface area contributed by atoms with E-state index in [-0.39, 0.29) is 11.9 Å². The molecule has 3 aromatic heterocycles. The van der Waals surface area contributed by atoms with Crippen LogP contribution in [0.15, 0.2) is 28.9 Å². The molecule has 5 heterocycles. The third kappa shape index (κ3) is 4.03. The Morgan fingerprint density at radius 1 is 1.28 bits per heavy atom. The molecule has 9 heteroatoms. The van der Waals surface area contributed by atoms with Crippen LogP contribution in [0.3, 0.4) is 0 Å². The fourth-order valence-electron chi connectivity index (χ4n) is 4.83. The average molecular weight is 440 g/mol. The molecule has 2 atom stereocenters. The van der Waals surface area contributed by atoms with Gasteiger partial charge in [-0.15, -0.1) is 0 Å². The van der Waals surface area contributed by atoms with Crippen molar-refractivity contribution in [2.24, 2.45) is 13.0 Å². The number of nitrogens with one attached hydrogen (secondary N) is 1. The number of ether oxygens (including phenoxy) is 2. The summed E-state index contributed by atoms with van der Waals surface area (Å²) in [6.45, 7) is 7.19. The Bertz CT molecular complexity index is 1080. The molecule has 0 saturated carbocycles. The molecule has 0 aliphatic carbocycles. The highest BCUT2D eigenvalue weighted by atomic mass is 16.5. The smallest absolute Gasteiger partial charge is 0.252 e. The zero-order chi connectivity index (χ0) is 22.1. The molecule has 1 amide bonds. The van der Waals surface area contributed by atoms with Gasteiger partial charge in [-0.1, -0.05) is 0 Å². The molecule has 0 bridgehead atoms. The number of amides is 1. The van der Waals surface area contributed by atoms with Gasteiger partial charge in [-0.05, 0) is 31.5 Å². The maximum atomic E-state index is 13.5. The molecular weight excluding hydrogens is 410 g/mol. The van der Waals surface area contributed by atoms with Crippen molar-refractivity contribution < 1.29 is 18.7 Å². The number of morpholine rings is 1. The first kappa shape index (κ1) is 21.1. The number of aromatic nitrogens is 3. The van der Waals surface area contributed by atoms with Crippen LogP contribution in [-0.4, -0.2) is 77.7 Å². The van der Waals surface area contributed by atoms with E-state index in [4.69, 9.17) is 18.9 Å². The Morgan fingerprint density at radius 2 is 2.12 bits per heavy atom. The van der Waals surface area contributed by atoms with Crippen LogP contribution in [0.5, 0.6) is 0 Å². The second kappa shape index (κ2) is 9.01. The van der Waals surface area contributed by atoms with E-state index in [1.807, 2.05) is 26.1 Å². The van der Waals surface area contributed by atoms with Crippen molar-refractivity contribution in [1.82, 2.24) is 25.0 Å². The molecule has 3 aromatic rings. The number of pyridine rings is 1. The molecule has 9 nitrogen and oxygen atoms in total. The molecule has 2 saturated heterocycles. The van der Waals surface area contributed by atoms with Crippen LogP contribution in [-0.2, 0) is 16.5 Å². The monoisotopic (exact) mass is 439 g/mol. The average Bonchev–Trinajstić information content (AvgIpc) is 3.57. The maximum absolute atomic E-state index is 13.5. The number of fused-ring (bicyclic) bond motifs is 1. The van der Waals surface area contributed by atoms with E-state index in [2.05, 4.69) is 15.3 Å². The van der Waals surface area contributed by atoms with Crippen LogP contribution >= 0.6 is 0 Å². The quantitative estimate of drug-likeness (QED) is 0.628. The molecule has 0 aromatic carbocycles. The summed E-state index contributed by atoms with van der Waals surface area (Å²) in [4.78, 5) is 20.6. The van der Waals surface area contributed by atoms with Crippen molar-refractivity contribution in [3.05, 3.63) is 35.7 Å². The van der Waals surface area contributed by atoms with Crippen LogP contribution in [0.2, 0.25) is 0 Å². The van der Waals surface area contributed by atoms with Crippen molar-refractivity contribution in [3.8, 4) is 11.5 Å². The van der Waals surface area contributed by atoms with Gasteiger partial charge in [0.15, 0.2) is 11.4 Å². The molecule has 2 aliphatic heterocycles. The zero-order valence-electron chi connectivity index (χ0n) is 18.5. The number of furan rings is 1. The molecular formula is C23H29N5O4. The Balaban J connectivity index is 1.43. The van der Waals surface area contributed by atoms with E-state index >= 15 is 0 Å². The van der Waals surface area contributed by atoms with Crippen LogP contribution in [0, 0.1) is 12.8 Å². The minimum atomic E-state index is -0.126. The molecule has 0 radical (unpaired) electrons. The minimum Gasteiger partial charge on any atom is -0.463 e. The van der Waals surface area contributed by atoms with E-state index in [0.29, 0.717) is 35.1 Å². The molecule has 5 rings (SSSR count). The highest BCUT2D eigenvalue weighted by Gasteiger charge is 2.32. The first-order chi connectivity index (χ1) is 15.6. The van der Waals surface area contributed by atoms with E-state index in [9.17, 15) is 4.79 Å². The lowest BCUT2D eigenvalue weighted by atomic mass is 9.96. The van der Waals surface area contributed by atoms with Crippen LogP contribution in [0.1, 0.15) is 22.5 Å². The van der Waals surface area contributed by atoms with Crippen molar-refractivity contribution in [2.75, 3.05) is 46.1 Å². The Hall–Kier alpha value is -2.75. The second-order valence-electron chi connectivity index (χ2n) is 8.49. The van der Waals surface area contributed by atoms with Crippen LogP contribution in [0.25, 0.3) is 22.5 Å². The Labute approximate surface area is 186 Å². The number of rotatable bonds is 6. The zero-order valence-corrected chi connectivity index (χ0v) is 18.5. The summed E-state index contributed by atoms with van der Waals surface area (Å²) in [6, 6.07) is 5.68. The fourth-order valence-corrected chi connectivity index (χ4v) is 4.83. The molecule has 2 unspecified atom stereocenters. The number of carbonyl (C=O) groups is 1. The maximum Gasteiger partial charge on any atom is 0.252 e.